The number of hydrogen-bond donors (Lipinski definition) is 2. The van der Waals surface area contributed by atoms with Crippen LogP contribution in [0.15, 0.2) is 0 Å². The Labute approximate surface area is 63.0 Å². The van der Waals surface area contributed by atoms with Gasteiger partial charge in [0.05, 0.1) is 0 Å². The minimum absolute atomic E-state index is 0.257. The van der Waals surface area contributed by atoms with Gasteiger partial charge in [0, 0.05) is 12.2 Å². The molecule has 0 rings (SSSR count). The molecule has 0 aliphatic carbocycles. The molecule has 0 aromatic heterocycles. The van der Waals surface area contributed by atoms with Crippen LogP contribution in [-0.2, 0) is 4.79 Å². The first-order chi connectivity index (χ1) is 4.66. The molecule has 0 aromatic carbocycles. The van der Waals surface area contributed by atoms with Crippen molar-refractivity contribution < 1.29 is 14.7 Å². The van der Waals surface area contributed by atoms with E-state index in [0.29, 0.717) is 5.75 Å². The molecule has 0 fully saturated rings. The summed E-state index contributed by atoms with van der Waals surface area (Å²) in [6.07, 6.45) is 0.827. The van der Waals surface area contributed by atoms with Gasteiger partial charge in [-0.15, -0.1) is 0 Å². The predicted molar refractivity (Wildman–Crippen MR) is 39.2 cm³/mol. The summed E-state index contributed by atoms with van der Waals surface area (Å²) in [6.45, 7) is 0. The van der Waals surface area contributed by atoms with Crippen LogP contribution in [0.25, 0.3) is 0 Å². The van der Waals surface area contributed by atoms with Gasteiger partial charge in [-0.25, -0.2) is 4.79 Å². The van der Waals surface area contributed by atoms with Crippen molar-refractivity contribution >= 4 is 23.8 Å². The zero-order valence-corrected chi connectivity index (χ0v) is 6.40. The fourth-order valence-electron chi connectivity index (χ4n) is 0.377. The molecule has 0 saturated heterocycles. The molecule has 0 aromatic rings. The lowest BCUT2D eigenvalue weighted by molar-refractivity contribution is -0.119. The van der Waals surface area contributed by atoms with Gasteiger partial charge in [0.2, 0.25) is 5.91 Å². The summed E-state index contributed by atoms with van der Waals surface area (Å²) < 4.78 is 0. The highest BCUT2D eigenvalue weighted by molar-refractivity contribution is 7.98. The Balaban J connectivity index is 3.35. The van der Waals surface area contributed by atoms with Crippen LogP contribution < -0.4 is 5.32 Å². The van der Waals surface area contributed by atoms with Crippen LogP contribution in [0.5, 0.6) is 0 Å². The van der Waals surface area contributed by atoms with Gasteiger partial charge in [0.15, 0.2) is 0 Å². The van der Waals surface area contributed by atoms with E-state index in [1.165, 1.54) is 11.8 Å². The topological polar surface area (TPSA) is 66.4 Å². The maximum Gasteiger partial charge on any atom is 0.411 e. The summed E-state index contributed by atoms with van der Waals surface area (Å²) in [7, 11) is 0. The lowest BCUT2D eigenvalue weighted by atomic mass is 10.5. The van der Waals surface area contributed by atoms with Crippen molar-refractivity contribution in [3.63, 3.8) is 0 Å². The van der Waals surface area contributed by atoms with Crippen LogP contribution in [0, 0.1) is 0 Å². The zero-order valence-electron chi connectivity index (χ0n) is 5.59. The quantitative estimate of drug-likeness (QED) is 0.637. The Morgan fingerprint density at radius 2 is 2.20 bits per heavy atom. The molecule has 4 nitrogen and oxygen atoms in total. The van der Waals surface area contributed by atoms with Crippen LogP contribution in [0.1, 0.15) is 6.42 Å². The van der Waals surface area contributed by atoms with E-state index in [9.17, 15) is 9.59 Å². The van der Waals surface area contributed by atoms with Crippen molar-refractivity contribution in [2.75, 3.05) is 12.0 Å². The minimum atomic E-state index is -1.29. The lowest BCUT2D eigenvalue weighted by Crippen LogP contribution is -2.28. The average Bonchev–Trinajstić information content (AvgIpc) is 1.82. The molecule has 0 atom stereocenters. The monoisotopic (exact) mass is 163 g/mol. The maximum atomic E-state index is 10.5. The van der Waals surface area contributed by atoms with Gasteiger partial charge >= 0.3 is 6.09 Å². The third-order valence-corrected chi connectivity index (χ3v) is 1.39. The van der Waals surface area contributed by atoms with Crippen molar-refractivity contribution in [1.82, 2.24) is 5.32 Å². The van der Waals surface area contributed by atoms with Gasteiger partial charge in [-0.1, -0.05) is 0 Å². The highest BCUT2D eigenvalue weighted by Gasteiger charge is 2.02. The summed E-state index contributed by atoms with van der Waals surface area (Å²) in [5, 5.41) is 9.79. The second-order valence-corrected chi connectivity index (χ2v) is 2.58. The van der Waals surface area contributed by atoms with E-state index in [1.54, 1.807) is 5.32 Å². The van der Waals surface area contributed by atoms with Crippen LogP contribution in [0.2, 0.25) is 0 Å². The first kappa shape index (κ1) is 9.29. The highest BCUT2D eigenvalue weighted by Crippen LogP contribution is 1.94. The molecule has 2 N–H and O–H groups in total. The predicted octanol–water partition coefficient (Wildman–Crippen LogP) is 0.534. The Morgan fingerprint density at radius 1 is 1.60 bits per heavy atom. The number of imide groups is 1. The second-order valence-electron chi connectivity index (χ2n) is 1.60. The average molecular weight is 163 g/mol. The Bertz CT molecular complexity index is 137. The van der Waals surface area contributed by atoms with Gasteiger partial charge in [-0.2, -0.15) is 11.8 Å². The SMILES string of the molecule is CSCCC(=O)NC(=O)O. The van der Waals surface area contributed by atoms with Gasteiger partial charge in [-0.3, -0.25) is 10.1 Å². The van der Waals surface area contributed by atoms with Crippen molar-refractivity contribution in [3.8, 4) is 0 Å². The minimum Gasteiger partial charge on any atom is -0.465 e. The lowest BCUT2D eigenvalue weighted by Gasteiger charge is -1.96. The number of carboxylic acid groups (broad SMARTS) is 1. The van der Waals surface area contributed by atoms with Gasteiger partial charge in [0.1, 0.15) is 0 Å². The molecule has 0 unspecified atom stereocenters. The van der Waals surface area contributed by atoms with Gasteiger partial charge in [-0.05, 0) is 6.26 Å². The fourth-order valence-corrected chi connectivity index (χ4v) is 0.766. The molecule has 0 aliphatic heterocycles. The molecule has 5 heteroatoms. The Hall–Kier alpha value is -0.710. The Kier molecular flexibility index (Phi) is 4.74. The fraction of sp³-hybridized carbons (Fsp3) is 0.600. The summed E-state index contributed by atoms with van der Waals surface area (Å²) in [4.78, 5) is 20.3. The van der Waals surface area contributed by atoms with Gasteiger partial charge < -0.3 is 5.11 Å². The largest absolute Gasteiger partial charge is 0.465 e. The van der Waals surface area contributed by atoms with E-state index >= 15 is 0 Å². The van der Waals surface area contributed by atoms with E-state index < -0.39 is 12.0 Å². The van der Waals surface area contributed by atoms with E-state index in [2.05, 4.69) is 0 Å². The maximum absolute atomic E-state index is 10.5. The smallest absolute Gasteiger partial charge is 0.411 e. The number of nitrogens with one attached hydrogen (secondary N) is 1. The highest BCUT2D eigenvalue weighted by atomic mass is 32.2. The third kappa shape index (κ3) is 5.43. The number of carbonyl (C=O) groups excluding carboxylic acids is 1. The molecule has 0 spiro atoms. The molecule has 0 radical (unpaired) electrons. The van der Waals surface area contributed by atoms with E-state index in [1.807, 2.05) is 6.26 Å². The second kappa shape index (κ2) is 5.10. The summed E-state index contributed by atoms with van der Waals surface area (Å²) in [5.74, 6) is 0.209. The first-order valence-corrected chi connectivity index (χ1v) is 4.08. The summed E-state index contributed by atoms with van der Waals surface area (Å²) in [6, 6.07) is 0. The molecular formula is C5H9NO3S. The molecule has 0 bridgehead atoms. The van der Waals surface area contributed by atoms with Crippen molar-refractivity contribution in [2.24, 2.45) is 0 Å². The van der Waals surface area contributed by atoms with Crippen LogP contribution in [0.4, 0.5) is 4.79 Å². The first-order valence-electron chi connectivity index (χ1n) is 2.68. The number of thioether (sulfide) groups is 1. The molecule has 10 heavy (non-hydrogen) atoms. The van der Waals surface area contributed by atoms with Crippen molar-refractivity contribution in [1.29, 1.82) is 0 Å². The van der Waals surface area contributed by atoms with Crippen molar-refractivity contribution in [2.45, 2.75) is 6.42 Å². The van der Waals surface area contributed by atoms with Gasteiger partial charge in [0.25, 0.3) is 0 Å². The van der Waals surface area contributed by atoms with Crippen molar-refractivity contribution in [3.05, 3.63) is 0 Å². The molecule has 0 aliphatic rings. The molecule has 0 heterocycles. The standard InChI is InChI=1S/C5H9NO3S/c1-10-3-2-4(7)6-5(8)9/h2-3H2,1H3,(H,6,7)(H,8,9). The van der Waals surface area contributed by atoms with Crippen LogP contribution in [-0.4, -0.2) is 29.1 Å². The summed E-state index contributed by atoms with van der Waals surface area (Å²) in [5.41, 5.74) is 0. The number of hydrogen-bond acceptors (Lipinski definition) is 3. The van der Waals surface area contributed by atoms with Crippen LogP contribution >= 0.6 is 11.8 Å². The van der Waals surface area contributed by atoms with E-state index in [0.717, 1.165) is 0 Å². The molecule has 2 amide bonds. The number of amides is 2. The molecular weight excluding hydrogens is 154 g/mol. The summed E-state index contributed by atoms with van der Waals surface area (Å²) >= 11 is 1.50. The van der Waals surface area contributed by atoms with E-state index in [-0.39, 0.29) is 6.42 Å². The van der Waals surface area contributed by atoms with E-state index in [4.69, 9.17) is 5.11 Å². The Morgan fingerprint density at radius 3 is 2.60 bits per heavy atom. The van der Waals surface area contributed by atoms with Crippen LogP contribution in [0.3, 0.4) is 0 Å². The third-order valence-electron chi connectivity index (χ3n) is 0.780. The molecule has 0 saturated carbocycles. The zero-order chi connectivity index (χ0) is 7.98. The molecule has 58 valence electrons. The number of rotatable bonds is 3. The normalized spacial score (nSPS) is 8.90. The number of carbonyl (C=O) groups is 2.